The van der Waals surface area contributed by atoms with Crippen molar-refractivity contribution in [2.75, 3.05) is 12.8 Å². The second-order valence-electron chi connectivity index (χ2n) is 5.13. The van der Waals surface area contributed by atoms with Crippen molar-refractivity contribution in [2.45, 2.75) is 16.6 Å². The molecule has 0 saturated heterocycles. The summed E-state index contributed by atoms with van der Waals surface area (Å²) in [6.45, 7) is 0. The first-order chi connectivity index (χ1) is 13.2. The highest BCUT2D eigenvalue weighted by atomic mass is 35.5. The van der Waals surface area contributed by atoms with Crippen LogP contribution in [0.1, 0.15) is 11.3 Å². The van der Waals surface area contributed by atoms with E-state index in [-0.39, 0.29) is 0 Å². The van der Waals surface area contributed by atoms with E-state index in [1.165, 1.54) is 0 Å². The smallest absolute Gasteiger partial charge is 0.397 e. The van der Waals surface area contributed by atoms with E-state index < -0.39 is 66.0 Å². The Morgan fingerprint density at radius 1 is 1.21 bits per heavy atom. The maximum absolute atomic E-state index is 13.0. The molecule has 0 radical (unpaired) electrons. The second-order valence-corrected chi connectivity index (χ2v) is 7.36. The van der Waals surface area contributed by atoms with Gasteiger partial charge in [0.15, 0.2) is 16.6 Å². The number of oxime groups is 1. The number of aromatic nitrogens is 2. The lowest BCUT2D eigenvalue weighted by molar-refractivity contribution is -0.137. The number of nitrogen functional groups attached to an aromatic ring is 1. The Bertz CT molecular complexity index is 982. The zero-order chi connectivity index (χ0) is 22.3. The third kappa shape index (κ3) is 4.53. The molecule has 0 spiro atoms. The van der Waals surface area contributed by atoms with Crippen molar-refractivity contribution in [2.24, 2.45) is 10.9 Å². The summed E-state index contributed by atoms with van der Waals surface area (Å²) in [6, 6.07) is 0.938. The summed E-state index contributed by atoms with van der Waals surface area (Å²) in [7, 11) is -2.70. The van der Waals surface area contributed by atoms with Gasteiger partial charge in [-0.2, -0.15) is 31.4 Å². The SMILES string of the molecule is CON=C(N)c1nn(-c2c(Cl)cc(C(F)(F)F)cc2Cl)c(N)c1S(=O)C(F)(F)F. The fraction of sp³-hybridized carbons (Fsp3) is 0.231. The molecular formula is C13H9Cl2F6N5O2S. The van der Waals surface area contributed by atoms with Gasteiger partial charge in [-0.1, -0.05) is 28.4 Å². The summed E-state index contributed by atoms with van der Waals surface area (Å²) in [5, 5.41) is 5.58. The number of rotatable bonds is 4. The summed E-state index contributed by atoms with van der Waals surface area (Å²) in [5.41, 5.74) is 3.37. The second kappa shape index (κ2) is 7.91. The minimum absolute atomic E-state index is 0.469. The van der Waals surface area contributed by atoms with E-state index >= 15 is 0 Å². The number of hydrogen-bond donors (Lipinski definition) is 2. The molecule has 0 bridgehead atoms. The molecule has 4 N–H and O–H groups in total. The van der Waals surface area contributed by atoms with Crippen LogP contribution in [0.3, 0.4) is 0 Å². The molecule has 0 aliphatic rings. The van der Waals surface area contributed by atoms with Gasteiger partial charge in [0.05, 0.1) is 15.6 Å². The van der Waals surface area contributed by atoms with Crippen LogP contribution >= 0.6 is 23.2 Å². The molecule has 16 heteroatoms. The number of halogens is 8. The van der Waals surface area contributed by atoms with Crippen LogP contribution in [0.4, 0.5) is 32.2 Å². The highest BCUT2D eigenvalue weighted by molar-refractivity contribution is 7.86. The van der Waals surface area contributed by atoms with Gasteiger partial charge in [-0.3, -0.25) is 0 Å². The number of anilines is 1. The lowest BCUT2D eigenvalue weighted by Crippen LogP contribution is -2.22. The molecular weight excluding hydrogens is 475 g/mol. The molecule has 0 aliphatic heterocycles. The number of nitrogens with zero attached hydrogens (tertiary/aromatic N) is 3. The molecule has 7 nitrogen and oxygen atoms in total. The lowest BCUT2D eigenvalue weighted by Gasteiger charge is -2.13. The fourth-order valence-corrected chi connectivity index (χ4v) is 3.60. The molecule has 29 heavy (non-hydrogen) atoms. The summed E-state index contributed by atoms with van der Waals surface area (Å²) in [4.78, 5) is 3.25. The van der Waals surface area contributed by atoms with Gasteiger partial charge in [-0.15, -0.1) is 0 Å². The third-order valence-electron chi connectivity index (χ3n) is 3.26. The van der Waals surface area contributed by atoms with Crippen molar-refractivity contribution in [3.63, 3.8) is 0 Å². The van der Waals surface area contributed by atoms with E-state index in [4.69, 9.17) is 34.7 Å². The fourth-order valence-electron chi connectivity index (χ4n) is 2.13. The minimum atomic E-state index is -5.27. The predicted octanol–water partition coefficient (Wildman–Crippen LogP) is 3.67. The molecule has 1 aromatic carbocycles. The van der Waals surface area contributed by atoms with Gasteiger partial charge < -0.3 is 16.3 Å². The van der Waals surface area contributed by atoms with Crippen LogP contribution in [0.2, 0.25) is 10.0 Å². The normalized spacial score (nSPS) is 14.2. The summed E-state index contributed by atoms with van der Waals surface area (Å²) in [6.07, 6.45) is -4.80. The quantitative estimate of drug-likeness (QED) is 0.298. The lowest BCUT2D eigenvalue weighted by atomic mass is 10.2. The monoisotopic (exact) mass is 483 g/mol. The van der Waals surface area contributed by atoms with Crippen molar-refractivity contribution in [1.82, 2.24) is 9.78 Å². The van der Waals surface area contributed by atoms with Crippen LogP contribution in [-0.2, 0) is 21.8 Å². The van der Waals surface area contributed by atoms with Gasteiger partial charge in [0.2, 0.25) is 0 Å². The maximum atomic E-state index is 13.0. The van der Waals surface area contributed by atoms with E-state index in [1.54, 1.807) is 0 Å². The largest absolute Gasteiger partial charge is 0.476 e. The Balaban J connectivity index is 2.83. The van der Waals surface area contributed by atoms with E-state index in [0.29, 0.717) is 16.8 Å². The number of nitrogens with two attached hydrogens (primary N) is 2. The van der Waals surface area contributed by atoms with Gasteiger partial charge in [-0.25, -0.2) is 8.89 Å². The van der Waals surface area contributed by atoms with E-state index in [9.17, 15) is 30.6 Å². The first-order valence-electron chi connectivity index (χ1n) is 7.00. The average Bonchev–Trinajstić information content (AvgIpc) is 2.89. The molecule has 0 saturated carbocycles. The molecule has 2 aromatic rings. The van der Waals surface area contributed by atoms with Crippen LogP contribution in [0.5, 0.6) is 0 Å². The van der Waals surface area contributed by atoms with Crippen LogP contribution in [-0.4, -0.2) is 32.4 Å². The van der Waals surface area contributed by atoms with Crippen molar-refractivity contribution in [1.29, 1.82) is 0 Å². The maximum Gasteiger partial charge on any atom is 0.476 e. The molecule has 2 rings (SSSR count). The van der Waals surface area contributed by atoms with Gasteiger partial charge in [-0.05, 0) is 12.1 Å². The zero-order valence-electron chi connectivity index (χ0n) is 13.9. The number of amidine groups is 1. The predicted molar refractivity (Wildman–Crippen MR) is 93.2 cm³/mol. The minimum Gasteiger partial charge on any atom is -0.397 e. The average molecular weight is 484 g/mol. The summed E-state index contributed by atoms with van der Waals surface area (Å²) >= 11 is 11.7. The topological polar surface area (TPSA) is 109 Å². The molecule has 1 unspecified atom stereocenters. The van der Waals surface area contributed by atoms with Gasteiger partial charge in [0, 0.05) is 0 Å². The molecule has 160 valence electrons. The highest BCUT2D eigenvalue weighted by Gasteiger charge is 2.43. The van der Waals surface area contributed by atoms with Crippen LogP contribution in [0, 0.1) is 0 Å². The first-order valence-corrected chi connectivity index (χ1v) is 8.91. The molecule has 0 fully saturated rings. The van der Waals surface area contributed by atoms with E-state index in [0.717, 1.165) is 7.11 Å². The Labute approximate surface area is 170 Å². The van der Waals surface area contributed by atoms with Gasteiger partial charge in [0.25, 0.3) is 0 Å². The van der Waals surface area contributed by atoms with Crippen LogP contribution < -0.4 is 11.5 Å². The van der Waals surface area contributed by atoms with E-state index in [2.05, 4.69) is 15.1 Å². The van der Waals surface area contributed by atoms with E-state index in [1.807, 2.05) is 0 Å². The Hall–Kier alpha value is -2.19. The van der Waals surface area contributed by atoms with Crippen molar-refractivity contribution >= 4 is 45.7 Å². The van der Waals surface area contributed by atoms with Crippen LogP contribution in [0.25, 0.3) is 5.69 Å². The molecule has 1 heterocycles. The van der Waals surface area contributed by atoms with Gasteiger partial charge in [0.1, 0.15) is 29.2 Å². The number of hydrogen-bond acceptors (Lipinski definition) is 5. The van der Waals surface area contributed by atoms with Crippen molar-refractivity contribution in [3.8, 4) is 5.69 Å². The number of alkyl halides is 6. The summed E-state index contributed by atoms with van der Waals surface area (Å²) in [5.74, 6) is -1.61. The third-order valence-corrected chi connectivity index (χ3v) is 5.03. The van der Waals surface area contributed by atoms with Crippen molar-refractivity contribution < 1.29 is 35.4 Å². The summed E-state index contributed by atoms with van der Waals surface area (Å²) < 4.78 is 90.1. The Morgan fingerprint density at radius 2 is 1.72 bits per heavy atom. The van der Waals surface area contributed by atoms with Gasteiger partial charge >= 0.3 is 11.7 Å². The standard InChI is InChI=1S/C13H9Cl2F6N5O2S/c1-28-25-10(22)7-9(29(27)13(19,20)21)11(23)26(24-7)8-5(14)2-4(3-6(8)15)12(16,17)18/h2-3H,23H2,1H3,(H2,22,25). The highest BCUT2D eigenvalue weighted by Crippen LogP contribution is 2.40. The van der Waals surface area contributed by atoms with Crippen molar-refractivity contribution in [3.05, 3.63) is 33.4 Å². The first kappa shape index (κ1) is 23.1. The zero-order valence-corrected chi connectivity index (χ0v) is 16.2. The number of benzene rings is 1. The molecule has 0 aliphatic carbocycles. The Kier molecular flexibility index (Phi) is 6.30. The molecule has 1 atom stereocenters. The Morgan fingerprint density at radius 3 is 2.14 bits per heavy atom. The molecule has 1 aromatic heterocycles. The van der Waals surface area contributed by atoms with Crippen LogP contribution in [0.15, 0.2) is 22.2 Å². The molecule has 0 amide bonds.